The Balaban J connectivity index is 2.09. The number of anilines is 2. The Morgan fingerprint density at radius 2 is 1.82 bits per heavy atom. The summed E-state index contributed by atoms with van der Waals surface area (Å²) in [4.78, 5) is 0. The smallest absolute Gasteiger partial charge is 0.143 e. The number of nitrogen functional groups attached to an aromatic ring is 1. The summed E-state index contributed by atoms with van der Waals surface area (Å²) < 4.78 is 5.17. The van der Waals surface area contributed by atoms with E-state index in [1.807, 2.05) is 36.4 Å². The highest BCUT2D eigenvalue weighted by molar-refractivity contribution is 5.72. The van der Waals surface area contributed by atoms with Crippen molar-refractivity contribution in [2.24, 2.45) is 0 Å². The van der Waals surface area contributed by atoms with Gasteiger partial charge in [0.25, 0.3) is 0 Å². The first-order valence-electron chi connectivity index (χ1n) is 5.51. The van der Waals surface area contributed by atoms with Crippen molar-refractivity contribution < 1.29 is 4.74 Å². The van der Waals surface area contributed by atoms with Gasteiger partial charge in [0, 0.05) is 6.54 Å². The van der Waals surface area contributed by atoms with Crippen LogP contribution in [0, 0.1) is 0 Å². The summed E-state index contributed by atoms with van der Waals surface area (Å²) >= 11 is 0. The van der Waals surface area contributed by atoms with Crippen LogP contribution in [0.3, 0.4) is 0 Å². The lowest BCUT2D eigenvalue weighted by atomic mass is 10.2. The Hall–Kier alpha value is -2.16. The third kappa shape index (κ3) is 2.69. The third-order valence-corrected chi connectivity index (χ3v) is 2.61. The maximum Gasteiger partial charge on any atom is 0.143 e. The highest BCUT2D eigenvalue weighted by Crippen LogP contribution is 2.29. The molecule has 17 heavy (non-hydrogen) atoms. The second-order valence-electron chi connectivity index (χ2n) is 3.76. The number of nitrogens with one attached hydrogen (secondary N) is 1. The van der Waals surface area contributed by atoms with Gasteiger partial charge in [0.05, 0.1) is 18.5 Å². The largest absolute Gasteiger partial charge is 0.495 e. The molecule has 3 nitrogen and oxygen atoms in total. The number of para-hydroxylation sites is 1. The molecule has 0 spiro atoms. The number of methoxy groups -OCH3 is 1. The maximum absolute atomic E-state index is 5.97. The Kier molecular flexibility index (Phi) is 3.50. The first-order valence-corrected chi connectivity index (χ1v) is 5.51. The first kappa shape index (κ1) is 11.3. The fourth-order valence-corrected chi connectivity index (χ4v) is 1.67. The zero-order valence-corrected chi connectivity index (χ0v) is 9.81. The van der Waals surface area contributed by atoms with Crippen molar-refractivity contribution in [2.75, 3.05) is 18.2 Å². The van der Waals surface area contributed by atoms with Crippen LogP contribution in [0.5, 0.6) is 5.75 Å². The summed E-state index contributed by atoms with van der Waals surface area (Å²) in [7, 11) is 1.62. The Morgan fingerprint density at radius 1 is 1.06 bits per heavy atom. The average molecular weight is 228 g/mol. The quantitative estimate of drug-likeness (QED) is 0.791. The molecular weight excluding hydrogens is 212 g/mol. The summed E-state index contributed by atoms with van der Waals surface area (Å²) in [5.74, 6) is 0.697. The molecule has 2 aromatic carbocycles. The highest BCUT2D eigenvalue weighted by atomic mass is 16.5. The summed E-state index contributed by atoms with van der Waals surface area (Å²) in [6, 6.07) is 15.9. The molecule has 0 amide bonds. The van der Waals surface area contributed by atoms with E-state index in [0.29, 0.717) is 11.4 Å². The van der Waals surface area contributed by atoms with Gasteiger partial charge in [-0.3, -0.25) is 0 Å². The lowest BCUT2D eigenvalue weighted by Gasteiger charge is -2.12. The molecule has 0 aliphatic rings. The molecule has 0 heterocycles. The molecule has 0 fully saturated rings. The number of nitrogens with two attached hydrogens (primary N) is 1. The van der Waals surface area contributed by atoms with Crippen molar-refractivity contribution in [1.82, 2.24) is 0 Å². The fraction of sp³-hybridized carbons (Fsp3) is 0.143. The number of hydrogen-bond donors (Lipinski definition) is 2. The van der Waals surface area contributed by atoms with Gasteiger partial charge in [-0.1, -0.05) is 36.4 Å². The molecule has 0 aliphatic carbocycles. The van der Waals surface area contributed by atoms with Gasteiger partial charge in [0.2, 0.25) is 0 Å². The zero-order valence-electron chi connectivity index (χ0n) is 9.81. The minimum absolute atomic E-state index is 0.644. The van der Waals surface area contributed by atoms with Crippen molar-refractivity contribution in [3.05, 3.63) is 54.1 Å². The van der Waals surface area contributed by atoms with E-state index in [-0.39, 0.29) is 0 Å². The minimum Gasteiger partial charge on any atom is -0.495 e. The van der Waals surface area contributed by atoms with E-state index in [4.69, 9.17) is 10.5 Å². The fourth-order valence-electron chi connectivity index (χ4n) is 1.67. The Labute approximate surface area is 101 Å². The van der Waals surface area contributed by atoms with Gasteiger partial charge >= 0.3 is 0 Å². The zero-order chi connectivity index (χ0) is 12.1. The van der Waals surface area contributed by atoms with Crippen LogP contribution in [-0.4, -0.2) is 7.11 Å². The highest BCUT2D eigenvalue weighted by Gasteiger charge is 2.04. The van der Waals surface area contributed by atoms with E-state index >= 15 is 0 Å². The van der Waals surface area contributed by atoms with Crippen LogP contribution in [0.25, 0.3) is 0 Å². The third-order valence-electron chi connectivity index (χ3n) is 2.61. The van der Waals surface area contributed by atoms with Crippen LogP contribution in [0.15, 0.2) is 48.5 Å². The summed E-state index contributed by atoms with van der Waals surface area (Å²) in [5.41, 5.74) is 8.73. The van der Waals surface area contributed by atoms with Crippen molar-refractivity contribution in [1.29, 1.82) is 0 Å². The Morgan fingerprint density at radius 3 is 2.53 bits per heavy atom. The molecule has 0 saturated heterocycles. The van der Waals surface area contributed by atoms with Gasteiger partial charge in [0.15, 0.2) is 0 Å². The number of hydrogen-bond acceptors (Lipinski definition) is 3. The predicted molar refractivity (Wildman–Crippen MR) is 71.2 cm³/mol. The van der Waals surface area contributed by atoms with Gasteiger partial charge in [-0.15, -0.1) is 0 Å². The van der Waals surface area contributed by atoms with Crippen LogP contribution in [-0.2, 0) is 6.54 Å². The lowest BCUT2D eigenvalue weighted by Crippen LogP contribution is -2.03. The average Bonchev–Trinajstić information content (AvgIpc) is 2.39. The molecule has 0 bridgehead atoms. The SMILES string of the molecule is COc1cccc(NCc2ccccc2)c1N. The molecule has 3 heteroatoms. The normalized spacial score (nSPS) is 9.94. The molecule has 0 unspecified atom stereocenters. The second-order valence-corrected chi connectivity index (χ2v) is 3.76. The van der Waals surface area contributed by atoms with Crippen LogP contribution in [0.2, 0.25) is 0 Å². The van der Waals surface area contributed by atoms with E-state index in [9.17, 15) is 0 Å². The molecule has 0 atom stereocenters. The van der Waals surface area contributed by atoms with Gasteiger partial charge < -0.3 is 15.8 Å². The first-order chi connectivity index (χ1) is 8.31. The molecular formula is C14H16N2O. The molecule has 2 aromatic rings. The van der Waals surface area contributed by atoms with E-state index in [1.54, 1.807) is 7.11 Å². The molecule has 88 valence electrons. The van der Waals surface area contributed by atoms with Gasteiger partial charge in [-0.25, -0.2) is 0 Å². The standard InChI is InChI=1S/C14H16N2O/c1-17-13-9-5-8-12(14(13)15)16-10-11-6-3-2-4-7-11/h2-9,16H,10,15H2,1H3. The van der Waals surface area contributed by atoms with Crippen molar-refractivity contribution in [3.63, 3.8) is 0 Å². The Bertz CT molecular complexity index is 483. The second kappa shape index (κ2) is 5.25. The van der Waals surface area contributed by atoms with E-state index in [1.165, 1.54) is 5.56 Å². The number of rotatable bonds is 4. The molecule has 0 aromatic heterocycles. The number of ether oxygens (including phenoxy) is 1. The summed E-state index contributed by atoms with van der Waals surface area (Å²) in [6.07, 6.45) is 0. The van der Waals surface area contributed by atoms with E-state index in [2.05, 4.69) is 17.4 Å². The van der Waals surface area contributed by atoms with Crippen LogP contribution in [0.1, 0.15) is 5.56 Å². The number of benzene rings is 2. The monoisotopic (exact) mass is 228 g/mol. The molecule has 0 saturated carbocycles. The lowest BCUT2D eigenvalue weighted by molar-refractivity contribution is 0.417. The topological polar surface area (TPSA) is 47.3 Å². The van der Waals surface area contributed by atoms with Gasteiger partial charge in [0.1, 0.15) is 5.75 Å². The maximum atomic E-state index is 5.97. The van der Waals surface area contributed by atoms with Crippen molar-refractivity contribution >= 4 is 11.4 Å². The molecule has 0 radical (unpaired) electrons. The van der Waals surface area contributed by atoms with Crippen molar-refractivity contribution in [3.8, 4) is 5.75 Å². The van der Waals surface area contributed by atoms with Gasteiger partial charge in [-0.05, 0) is 17.7 Å². The molecule has 0 aliphatic heterocycles. The summed E-state index contributed by atoms with van der Waals surface area (Å²) in [6.45, 7) is 0.748. The summed E-state index contributed by atoms with van der Waals surface area (Å²) in [5, 5.41) is 3.30. The van der Waals surface area contributed by atoms with Crippen molar-refractivity contribution in [2.45, 2.75) is 6.54 Å². The van der Waals surface area contributed by atoms with E-state index < -0.39 is 0 Å². The minimum atomic E-state index is 0.644. The van der Waals surface area contributed by atoms with Crippen LogP contribution >= 0.6 is 0 Å². The van der Waals surface area contributed by atoms with E-state index in [0.717, 1.165) is 12.2 Å². The molecule has 3 N–H and O–H groups in total. The molecule has 2 rings (SSSR count). The van der Waals surface area contributed by atoms with Crippen LogP contribution < -0.4 is 15.8 Å². The predicted octanol–water partition coefficient (Wildman–Crippen LogP) is 2.89. The van der Waals surface area contributed by atoms with Gasteiger partial charge in [-0.2, -0.15) is 0 Å². The van der Waals surface area contributed by atoms with Crippen LogP contribution in [0.4, 0.5) is 11.4 Å².